The predicted molar refractivity (Wildman–Crippen MR) is 76.5 cm³/mol. The van der Waals surface area contributed by atoms with E-state index >= 15 is 0 Å². The molecule has 1 heterocycles. The first-order valence-electron chi connectivity index (χ1n) is 6.68. The zero-order valence-electron chi connectivity index (χ0n) is 11.5. The second-order valence-corrected chi connectivity index (χ2v) is 6.47. The number of hydrogen-bond donors (Lipinski definition) is 2. The van der Waals surface area contributed by atoms with Crippen LogP contribution in [0.15, 0.2) is 11.4 Å². The summed E-state index contributed by atoms with van der Waals surface area (Å²) >= 11 is 1.77. The molecule has 2 rings (SSSR count). The average Bonchev–Trinajstić information content (AvgIpc) is 2.79. The van der Waals surface area contributed by atoms with Crippen molar-refractivity contribution in [3.05, 3.63) is 21.9 Å². The molecule has 3 N–H and O–H groups in total. The Morgan fingerprint density at radius 3 is 2.61 bits per heavy atom. The lowest BCUT2D eigenvalue weighted by molar-refractivity contribution is -0.0754. The maximum Gasteiger partial charge on any atom is 0.0893 e. The van der Waals surface area contributed by atoms with Crippen LogP contribution in [0.4, 0.5) is 0 Å². The Bertz CT molecular complexity index is 383. The van der Waals surface area contributed by atoms with Crippen molar-refractivity contribution >= 4 is 11.3 Å². The van der Waals surface area contributed by atoms with Gasteiger partial charge in [0.15, 0.2) is 0 Å². The number of rotatable bonds is 4. The van der Waals surface area contributed by atoms with Gasteiger partial charge in [-0.1, -0.05) is 6.92 Å². The van der Waals surface area contributed by atoms with Crippen molar-refractivity contribution < 1.29 is 4.74 Å². The molecular weight excluding hydrogens is 244 g/mol. The number of nitrogens with one attached hydrogen (secondary N) is 1. The molecule has 1 aromatic heterocycles. The van der Waals surface area contributed by atoms with E-state index in [2.05, 4.69) is 30.7 Å². The van der Waals surface area contributed by atoms with Gasteiger partial charge in [0, 0.05) is 12.0 Å². The minimum absolute atomic E-state index is 0.106. The highest BCUT2D eigenvalue weighted by atomic mass is 32.1. The van der Waals surface area contributed by atoms with Gasteiger partial charge in [-0.2, -0.15) is 0 Å². The van der Waals surface area contributed by atoms with Crippen LogP contribution in [-0.4, -0.2) is 12.7 Å². The first kappa shape index (κ1) is 14.0. The molecule has 1 unspecified atom stereocenters. The van der Waals surface area contributed by atoms with Crippen LogP contribution in [-0.2, 0) is 4.74 Å². The summed E-state index contributed by atoms with van der Waals surface area (Å²) in [4.78, 5) is 1.31. The van der Waals surface area contributed by atoms with Crippen molar-refractivity contribution in [3.63, 3.8) is 0 Å². The van der Waals surface area contributed by atoms with Gasteiger partial charge in [0.25, 0.3) is 0 Å². The van der Waals surface area contributed by atoms with E-state index in [1.165, 1.54) is 23.3 Å². The molecule has 1 aromatic rings. The monoisotopic (exact) mass is 268 g/mol. The third-order valence-corrected chi connectivity index (χ3v) is 5.47. The molecule has 0 bridgehead atoms. The highest BCUT2D eigenvalue weighted by molar-refractivity contribution is 7.10. The normalized spacial score (nSPS) is 30.3. The molecule has 0 aromatic carbocycles. The minimum atomic E-state index is -0.142. The van der Waals surface area contributed by atoms with Crippen LogP contribution < -0.4 is 11.3 Å². The summed E-state index contributed by atoms with van der Waals surface area (Å²) in [5.74, 6) is 6.64. The Labute approximate surface area is 114 Å². The quantitative estimate of drug-likeness (QED) is 0.651. The van der Waals surface area contributed by atoms with Crippen LogP contribution in [0.3, 0.4) is 0 Å². The summed E-state index contributed by atoms with van der Waals surface area (Å²) in [6.07, 6.45) is 4.60. The summed E-state index contributed by atoms with van der Waals surface area (Å²) < 4.78 is 5.92. The Morgan fingerprint density at radius 1 is 1.50 bits per heavy atom. The van der Waals surface area contributed by atoms with Gasteiger partial charge >= 0.3 is 0 Å². The molecule has 1 aliphatic rings. The number of hydrazine groups is 1. The fourth-order valence-electron chi connectivity index (χ4n) is 3.01. The van der Waals surface area contributed by atoms with Gasteiger partial charge in [-0.05, 0) is 55.5 Å². The number of aryl methyl sites for hydroxylation is 1. The Balaban J connectivity index is 2.27. The van der Waals surface area contributed by atoms with E-state index in [1.807, 2.05) is 7.11 Å². The Kier molecular flexibility index (Phi) is 4.43. The fourth-order valence-corrected chi connectivity index (χ4v) is 4.10. The van der Waals surface area contributed by atoms with Crippen LogP contribution in [0, 0.1) is 12.8 Å². The highest BCUT2D eigenvalue weighted by Crippen LogP contribution is 2.44. The van der Waals surface area contributed by atoms with E-state index in [-0.39, 0.29) is 11.6 Å². The summed E-state index contributed by atoms with van der Waals surface area (Å²) in [7, 11) is 1.82. The summed E-state index contributed by atoms with van der Waals surface area (Å²) in [6.45, 7) is 4.46. The van der Waals surface area contributed by atoms with Crippen molar-refractivity contribution in [2.75, 3.05) is 7.11 Å². The van der Waals surface area contributed by atoms with E-state index in [0.29, 0.717) is 0 Å². The van der Waals surface area contributed by atoms with Crippen molar-refractivity contribution in [2.45, 2.75) is 51.2 Å². The second kappa shape index (κ2) is 5.70. The predicted octanol–water partition coefficient (Wildman–Crippen LogP) is 3.16. The molecule has 1 saturated carbocycles. The van der Waals surface area contributed by atoms with Crippen molar-refractivity contribution in [2.24, 2.45) is 11.8 Å². The molecule has 4 heteroatoms. The first-order valence-corrected chi connectivity index (χ1v) is 7.56. The summed E-state index contributed by atoms with van der Waals surface area (Å²) in [6, 6.07) is 2.26. The molecule has 1 atom stereocenters. The van der Waals surface area contributed by atoms with Crippen LogP contribution in [0.25, 0.3) is 0 Å². The van der Waals surface area contributed by atoms with Crippen LogP contribution in [0.2, 0.25) is 0 Å². The van der Waals surface area contributed by atoms with Gasteiger partial charge in [0.05, 0.1) is 11.6 Å². The number of methoxy groups -OCH3 is 1. The number of hydrogen-bond acceptors (Lipinski definition) is 4. The molecule has 3 nitrogen and oxygen atoms in total. The van der Waals surface area contributed by atoms with Crippen molar-refractivity contribution in [1.82, 2.24) is 5.43 Å². The third kappa shape index (κ3) is 2.48. The average molecular weight is 268 g/mol. The van der Waals surface area contributed by atoms with E-state index in [9.17, 15) is 0 Å². The van der Waals surface area contributed by atoms with E-state index < -0.39 is 0 Å². The third-order valence-electron chi connectivity index (χ3n) is 4.38. The van der Waals surface area contributed by atoms with Gasteiger partial charge in [0.1, 0.15) is 0 Å². The van der Waals surface area contributed by atoms with E-state index in [0.717, 1.165) is 18.8 Å². The zero-order chi connectivity index (χ0) is 13.2. The smallest absolute Gasteiger partial charge is 0.0893 e. The molecule has 0 saturated heterocycles. The molecule has 1 fully saturated rings. The molecule has 0 spiro atoms. The van der Waals surface area contributed by atoms with Crippen LogP contribution in [0.1, 0.15) is 49.1 Å². The number of nitrogens with two attached hydrogens (primary N) is 1. The lowest BCUT2D eigenvalue weighted by Crippen LogP contribution is -2.49. The maximum atomic E-state index is 5.92. The largest absolute Gasteiger partial charge is 0.376 e. The van der Waals surface area contributed by atoms with E-state index in [1.54, 1.807) is 11.3 Å². The van der Waals surface area contributed by atoms with Gasteiger partial charge in [-0.25, -0.2) is 5.43 Å². The fraction of sp³-hybridized carbons (Fsp3) is 0.714. The van der Waals surface area contributed by atoms with Gasteiger partial charge in [0.2, 0.25) is 0 Å². The number of ether oxygens (including phenoxy) is 1. The maximum absolute atomic E-state index is 5.92. The molecule has 18 heavy (non-hydrogen) atoms. The Hall–Kier alpha value is -0.420. The highest BCUT2D eigenvalue weighted by Gasteiger charge is 2.42. The standard InChI is InChI=1S/C14H24N2OS/c1-10-4-7-14(17-3,8-5-10)13(16-15)12-11(2)6-9-18-12/h6,9-10,13,16H,4-5,7-8,15H2,1-3H3. The van der Waals surface area contributed by atoms with Crippen LogP contribution >= 0.6 is 11.3 Å². The van der Waals surface area contributed by atoms with E-state index in [4.69, 9.17) is 10.6 Å². The summed E-state index contributed by atoms with van der Waals surface area (Å²) in [5, 5.41) is 2.13. The van der Waals surface area contributed by atoms with Crippen molar-refractivity contribution in [3.8, 4) is 0 Å². The molecule has 1 aliphatic carbocycles. The molecule has 0 aliphatic heterocycles. The Morgan fingerprint density at radius 2 is 2.17 bits per heavy atom. The lowest BCUT2D eigenvalue weighted by atomic mass is 9.74. The van der Waals surface area contributed by atoms with Gasteiger partial charge in [-0.3, -0.25) is 5.84 Å². The molecule has 0 amide bonds. The molecular formula is C14H24N2OS. The van der Waals surface area contributed by atoms with Gasteiger partial charge in [-0.15, -0.1) is 11.3 Å². The topological polar surface area (TPSA) is 47.3 Å². The summed E-state index contributed by atoms with van der Waals surface area (Å²) in [5.41, 5.74) is 4.17. The second-order valence-electron chi connectivity index (χ2n) is 5.52. The minimum Gasteiger partial charge on any atom is -0.376 e. The first-order chi connectivity index (χ1) is 8.63. The lowest BCUT2D eigenvalue weighted by Gasteiger charge is -2.43. The molecule has 102 valence electrons. The van der Waals surface area contributed by atoms with Crippen molar-refractivity contribution in [1.29, 1.82) is 0 Å². The SMILES string of the molecule is COC1(C(NN)c2sccc2C)CCC(C)CC1. The van der Waals surface area contributed by atoms with Gasteiger partial charge < -0.3 is 4.74 Å². The number of thiophene rings is 1. The molecule has 0 radical (unpaired) electrons. The van der Waals surface area contributed by atoms with Crippen LogP contribution in [0.5, 0.6) is 0 Å². The zero-order valence-corrected chi connectivity index (χ0v) is 12.3.